The molecule has 0 aliphatic heterocycles. The van der Waals surface area contributed by atoms with Crippen LogP contribution in [0.3, 0.4) is 0 Å². The quantitative estimate of drug-likeness (QED) is 0.182. The third-order valence-electron chi connectivity index (χ3n) is 7.40. The highest BCUT2D eigenvalue weighted by Gasteiger charge is 2.26. The van der Waals surface area contributed by atoms with Crippen molar-refractivity contribution in [2.45, 2.75) is 64.8 Å². The molecule has 0 saturated heterocycles. The van der Waals surface area contributed by atoms with Gasteiger partial charge in [0.15, 0.2) is 5.78 Å². The third-order valence-corrected chi connectivity index (χ3v) is 7.40. The highest BCUT2D eigenvalue weighted by atomic mass is 19.1. The first kappa shape index (κ1) is 37.0. The zero-order valence-electron chi connectivity index (χ0n) is 28.0. The smallest absolute Gasteiger partial charge is 0.419 e. The normalized spacial score (nSPS) is 12.1. The van der Waals surface area contributed by atoms with E-state index >= 15 is 0 Å². The number of pyridine rings is 1. The summed E-state index contributed by atoms with van der Waals surface area (Å²) in [5.74, 6) is -2.43. The highest BCUT2D eigenvalue weighted by Crippen LogP contribution is 2.31. The molecule has 0 bridgehead atoms. The molecular weight excluding hydrogens is 654 g/mol. The Labute approximate surface area is 286 Å². The number of primary amides is 1. The molecule has 14 heteroatoms. The summed E-state index contributed by atoms with van der Waals surface area (Å²) in [4.78, 5) is 63.6. The zero-order valence-corrected chi connectivity index (χ0v) is 28.0. The van der Waals surface area contributed by atoms with Gasteiger partial charge in [-0.25, -0.2) is 22.9 Å². The summed E-state index contributed by atoms with van der Waals surface area (Å²) in [5.41, 5.74) is 4.58. The van der Waals surface area contributed by atoms with E-state index < -0.39 is 52.7 Å². The first-order valence-electron chi connectivity index (χ1n) is 15.6. The molecule has 0 aliphatic rings. The maximum Gasteiger partial charge on any atom is 0.419 e. The van der Waals surface area contributed by atoms with Gasteiger partial charge in [0.25, 0.3) is 5.56 Å². The lowest BCUT2D eigenvalue weighted by atomic mass is 10.0. The lowest BCUT2D eigenvalue weighted by Crippen LogP contribution is -2.42. The number of fused-ring (bicyclic) bond motifs is 1. The maximum absolute atomic E-state index is 14.4. The van der Waals surface area contributed by atoms with Gasteiger partial charge >= 0.3 is 12.2 Å². The molecule has 3 N–H and O–H groups in total. The van der Waals surface area contributed by atoms with Crippen LogP contribution < -0.4 is 21.3 Å². The number of methoxy groups -OCH3 is 1. The molecular formula is C36H38F2N4O8. The lowest BCUT2D eigenvalue weighted by molar-refractivity contribution is -0.120. The van der Waals surface area contributed by atoms with E-state index in [0.717, 1.165) is 25.3 Å². The van der Waals surface area contributed by atoms with Crippen LogP contribution >= 0.6 is 0 Å². The molecule has 50 heavy (non-hydrogen) atoms. The number of hydrogen-bond donors (Lipinski definition) is 2. The number of alkyl carbamates (subject to hydrolysis) is 1. The van der Waals surface area contributed by atoms with Gasteiger partial charge in [-0.15, -0.1) is 0 Å². The number of benzene rings is 2. The molecule has 2 amide bonds. The van der Waals surface area contributed by atoms with Crippen molar-refractivity contribution in [3.63, 3.8) is 0 Å². The van der Waals surface area contributed by atoms with Gasteiger partial charge in [-0.1, -0.05) is 24.3 Å². The number of aromatic nitrogens is 2. The van der Waals surface area contributed by atoms with Gasteiger partial charge in [-0.3, -0.25) is 14.4 Å². The van der Waals surface area contributed by atoms with Gasteiger partial charge in [0.1, 0.15) is 35.1 Å². The first-order chi connectivity index (χ1) is 23.7. The SMILES string of the molecule is COC(=O)N[C@@H](CC/C=C/C(N)=O)C(=O)Cc1cccn(Cc2cc3cccc(OCc4ccc(F)cc4F)c3n2C(=O)OC(C)(C)C)c1=O. The van der Waals surface area contributed by atoms with Gasteiger partial charge in [-0.2, -0.15) is 0 Å². The molecule has 4 aromatic rings. The van der Waals surface area contributed by atoms with E-state index in [1.807, 2.05) is 0 Å². The number of allylic oxidation sites excluding steroid dienone is 1. The summed E-state index contributed by atoms with van der Waals surface area (Å²) in [6.07, 6.45) is 2.55. The molecule has 2 heterocycles. The standard InChI is InChI=1S/C36H38F2N4O8/c1-36(2,3)50-35(47)42-26(17-22-9-7-12-30(32(22)42)49-21-24-14-15-25(37)19-27(24)38)20-41-16-8-10-23(33(41)45)18-29(43)28(40-34(46)48-4)11-5-6-13-31(39)44/h6-10,12-17,19,28H,5,11,18,20-21H2,1-4H3,(H2,39,44)(H,40,46)/b13-6+/t28-/m0/s1. The van der Waals surface area contributed by atoms with Crippen molar-refractivity contribution < 1.29 is 42.2 Å². The number of halogens is 2. The van der Waals surface area contributed by atoms with E-state index in [1.54, 1.807) is 51.1 Å². The molecule has 0 fully saturated rings. The number of ketones is 1. The van der Waals surface area contributed by atoms with Gasteiger partial charge in [0, 0.05) is 35.2 Å². The molecule has 1 atom stereocenters. The fourth-order valence-electron chi connectivity index (χ4n) is 5.13. The van der Waals surface area contributed by atoms with Crippen LogP contribution in [0.2, 0.25) is 0 Å². The molecule has 264 valence electrons. The van der Waals surface area contributed by atoms with Gasteiger partial charge in [0.2, 0.25) is 5.91 Å². The number of nitrogens with one attached hydrogen (secondary N) is 1. The number of ether oxygens (including phenoxy) is 3. The number of carbonyl (C=O) groups is 4. The molecule has 0 spiro atoms. The summed E-state index contributed by atoms with van der Waals surface area (Å²) < 4.78 is 46.7. The highest BCUT2D eigenvalue weighted by molar-refractivity contribution is 5.95. The van der Waals surface area contributed by atoms with E-state index in [4.69, 9.17) is 15.2 Å². The number of amides is 2. The Morgan fingerprint density at radius 1 is 1.02 bits per heavy atom. The largest absolute Gasteiger partial charge is 0.487 e. The van der Waals surface area contributed by atoms with Crippen LogP contribution in [0.15, 0.2) is 77.7 Å². The number of hydrogen-bond acceptors (Lipinski definition) is 8. The molecule has 0 saturated carbocycles. The minimum Gasteiger partial charge on any atom is -0.487 e. The van der Waals surface area contributed by atoms with Crippen LogP contribution in [0.1, 0.15) is 50.4 Å². The monoisotopic (exact) mass is 692 g/mol. The van der Waals surface area contributed by atoms with Crippen LogP contribution in [0.5, 0.6) is 5.75 Å². The maximum atomic E-state index is 14.4. The Kier molecular flexibility index (Phi) is 11.9. The zero-order chi connectivity index (χ0) is 36.6. The number of nitrogens with zero attached hydrogens (tertiary/aromatic N) is 2. The van der Waals surface area contributed by atoms with Gasteiger partial charge in [-0.05, 0) is 70.0 Å². The topological polar surface area (TPSA) is 161 Å². The van der Waals surface area contributed by atoms with E-state index in [2.05, 4.69) is 10.1 Å². The number of carbonyl (C=O) groups excluding carboxylic acids is 4. The van der Waals surface area contributed by atoms with Crippen molar-refractivity contribution in [2.24, 2.45) is 5.73 Å². The summed E-state index contributed by atoms with van der Waals surface area (Å²) in [5, 5.41) is 3.02. The molecule has 4 rings (SSSR count). The average molecular weight is 693 g/mol. The van der Waals surface area contributed by atoms with Crippen molar-refractivity contribution in [1.82, 2.24) is 14.5 Å². The van der Waals surface area contributed by atoms with Crippen LogP contribution in [0.25, 0.3) is 10.9 Å². The van der Waals surface area contributed by atoms with Crippen molar-refractivity contribution >= 4 is 34.8 Å². The van der Waals surface area contributed by atoms with Crippen LogP contribution in [-0.2, 0) is 38.6 Å². The number of nitrogens with two attached hydrogens (primary N) is 1. The minimum atomic E-state index is -1.02. The first-order valence-corrected chi connectivity index (χ1v) is 15.6. The molecule has 0 unspecified atom stereocenters. The van der Waals surface area contributed by atoms with Crippen LogP contribution in [0.4, 0.5) is 18.4 Å². The summed E-state index contributed by atoms with van der Waals surface area (Å²) in [6, 6.07) is 11.9. The Morgan fingerprint density at radius 2 is 1.78 bits per heavy atom. The van der Waals surface area contributed by atoms with Crippen LogP contribution in [0, 0.1) is 11.6 Å². The number of para-hydroxylation sites is 1. The summed E-state index contributed by atoms with van der Waals surface area (Å²) in [6.45, 7) is 4.72. The molecule has 0 radical (unpaired) electrons. The Morgan fingerprint density at radius 3 is 2.46 bits per heavy atom. The van der Waals surface area contributed by atoms with Gasteiger partial charge < -0.3 is 29.8 Å². The molecule has 12 nitrogen and oxygen atoms in total. The second kappa shape index (κ2) is 16.1. The predicted molar refractivity (Wildman–Crippen MR) is 180 cm³/mol. The van der Waals surface area contributed by atoms with Crippen molar-refractivity contribution in [3.8, 4) is 5.75 Å². The van der Waals surface area contributed by atoms with E-state index in [0.29, 0.717) is 16.6 Å². The Hall–Kier alpha value is -5.79. The van der Waals surface area contributed by atoms with Crippen LogP contribution in [-0.4, -0.2) is 51.8 Å². The fraction of sp³-hybridized carbons (Fsp3) is 0.306. The lowest BCUT2D eigenvalue weighted by Gasteiger charge is -2.21. The van der Waals surface area contributed by atoms with Crippen molar-refractivity contribution in [3.05, 3.63) is 112 Å². The van der Waals surface area contributed by atoms with Crippen molar-refractivity contribution in [1.29, 1.82) is 0 Å². The number of Topliss-reactive ketones (excluding diaryl/α,β-unsaturated/α-hetero) is 1. The fourth-order valence-corrected chi connectivity index (χ4v) is 5.13. The Bertz CT molecular complexity index is 1990. The summed E-state index contributed by atoms with van der Waals surface area (Å²) in [7, 11) is 1.15. The predicted octanol–water partition coefficient (Wildman–Crippen LogP) is 5.15. The second-order valence-corrected chi connectivity index (χ2v) is 12.3. The van der Waals surface area contributed by atoms with E-state index in [9.17, 15) is 32.8 Å². The van der Waals surface area contributed by atoms with Gasteiger partial charge in [0.05, 0.1) is 25.4 Å². The summed E-state index contributed by atoms with van der Waals surface area (Å²) >= 11 is 0. The second-order valence-electron chi connectivity index (χ2n) is 12.3. The number of rotatable bonds is 13. The van der Waals surface area contributed by atoms with E-state index in [1.165, 1.54) is 33.5 Å². The minimum absolute atomic E-state index is 0.100. The third kappa shape index (κ3) is 9.65. The average Bonchev–Trinajstić information content (AvgIpc) is 3.41. The Balaban J connectivity index is 1.67. The van der Waals surface area contributed by atoms with E-state index in [-0.39, 0.29) is 49.3 Å². The molecule has 2 aromatic carbocycles. The molecule has 0 aliphatic carbocycles. The molecule has 2 aromatic heterocycles. The van der Waals surface area contributed by atoms with Crippen molar-refractivity contribution in [2.75, 3.05) is 7.11 Å².